The summed E-state index contributed by atoms with van der Waals surface area (Å²) in [6.07, 6.45) is -4.97. The second-order valence-electron chi connectivity index (χ2n) is 3.83. The van der Waals surface area contributed by atoms with Crippen LogP contribution in [0.2, 0.25) is 0 Å². The van der Waals surface area contributed by atoms with E-state index >= 15 is 0 Å². The Kier molecular flexibility index (Phi) is 3.12. The molecule has 1 fully saturated rings. The molecule has 0 radical (unpaired) electrons. The highest BCUT2D eigenvalue weighted by molar-refractivity contribution is 5.47. The lowest BCUT2D eigenvalue weighted by Crippen LogP contribution is -2.50. The van der Waals surface area contributed by atoms with Gasteiger partial charge in [-0.3, -0.25) is 10.1 Å². The van der Waals surface area contributed by atoms with E-state index in [0.717, 1.165) is 6.07 Å². The number of halogens is 3. The molecule has 1 aliphatic rings. The van der Waals surface area contributed by atoms with Crippen molar-refractivity contribution in [2.45, 2.75) is 12.3 Å². The SMILES string of the molecule is O=[N+]([O-])c1ccc(OC2CNC2)cc1C(F)(F)F. The molecule has 98 valence electrons. The van der Waals surface area contributed by atoms with Crippen molar-refractivity contribution in [3.63, 3.8) is 0 Å². The zero-order valence-electron chi connectivity index (χ0n) is 9.03. The molecule has 0 saturated carbocycles. The number of rotatable bonds is 3. The van der Waals surface area contributed by atoms with Gasteiger partial charge >= 0.3 is 6.18 Å². The number of nitro groups is 1. The van der Waals surface area contributed by atoms with E-state index in [-0.39, 0.29) is 11.9 Å². The molecule has 1 aromatic rings. The van der Waals surface area contributed by atoms with Gasteiger partial charge in [0.05, 0.1) is 4.92 Å². The topological polar surface area (TPSA) is 64.4 Å². The molecule has 8 heteroatoms. The molecule has 0 spiro atoms. The highest BCUT2D eigenvalue weighted by Gasteiger charge is 2.38. The van der Waals surface area contributed by atoms with E-state index in [2.05, 4.69) is 5.32 Å². The molecule has 0 amide bonds. The fourth-order valence-corrected chi connectivity index (χ4v) is 1.51. The van der Waals surface area contributed by atoms with Crippen molar-refractivity contribution < 1.29 is 22.8 Å². The fourth-order valence-electron chi connectivity index (χ4n) is 1.51. The van der Waals surface area contributed by atoms with E-state index in [1.165, 1.54) is 6.07 Å². The summed E-state index contributed by atoms with van der Waals surface area (Å²) in [5.41, 5.74) is -2.26. The minimum Gasteiger partial charge on any atom is -0.488 e. The molecule has 1 aromatic carbocycles. The standard InChI is InChI=1S/C10H9F3N2O3/c11-10(12,13)8-3-6(18-7-4-14-5-7)1-2-9(8)15(16)17/h1-3,7,14H,4-5H2. The molecule has 1 saturated heterocycles. The van der Waals surface area contributed by atoms with Gasteiger partial charge in [0.15, 0.2) is 0 Å². The van der Waals surface area contributed by atoms with Gasteiger partial charge < -0.3 is 10.1 Å². The largest absolute Gasteiger partial charge is 0.488 e. The van der Waals surface area contributed by atoms with Crippen molar-refractivity contribution >= 4 is 5.69 Å². The fraction of sp³-hybridized carbons (Fsp3) is 0.400. The maximum absolute atomic E-state index is 12.6. The summed E-state index contributed by atoms with van der Waals surface area (Å²) >= 11 is 0. The molecule has 2 rings (SSSR count). The molecule has 5 nitrogen and oxygen atoms in total. The van der Waals surface area contributed by atoms with E-state index in [9.17, 15) is 23.3 Å². The van der Waals surface area contributed by atoms with Crippen LogP contribution in [-0.2, 0) is 6.18 Å². The van der Waals surface area contributed by atoms with Gasteiger partial charge in [0, 0.05) is 19.2 Å². The van der Waals surface area contributed by atoms with Gasteiger partial charge in [0.2, 0.25) is 0 Å². The highest BCUT2D eigenvalue weighted by atomic mass is 19.4. The Labute approximate surface area is 99.7 Å². The van der Waals surface area contributed by atoms with Crippen LogP contribution in [0.1, 0.15) is 5.56 Å². The van der Waals surface area contributed by atoms with Crippen LogP contribution in [0.3, 0.4) is 0 Å². The van der Waals surface area contributed by atoms with Crippen molar-refractivity contribution in [1.29, 1.82) is 0 Å². The third-order valence-electron chi connectivity index (χ3n) is 2.52. The first-order valence-electron chi connectivity index (χ1n) is 5.11. The normalized spacial score (nSPS) is 16.2. The number of benzene rings is 1. The van der Waals surface area contributed by atoms with Crippen molar-refractivity contribution in [1.82, 2.24) is 5.32 Å². The van der Waals surface area contributed by atoms with Gasteiger partial charge in [0.1, 0.15) is 17.4 Å². The Hall–Kier alpha value is -1.83. The predicted octanol–water partition coefficient (Wildman–Crippen LogP) is 1.96. The van der Waals surface area contributed by atoms with E-state index in [1.807, 2.05) is 0 Å². The van der Waals surface area contributed by atoms with Crippen molar-refractivity contribution in [2.75, 3.05) is 13.1 Å². The molecule has 1 heterocycles. The van der Waals surface area contributed by atoms with E-state index in [4.69, 9.17) is 4.74 Å². The number of ether oxygens (including phenoxy) is 1. The van der Waals surface area contributed by atoms with E-state index in [0.29, 0.717) is 19.2 Å². The summed E-state index contributed by atoms with van der Waals surface area (Å²) in [6.45, 7) is 1.11. The van der Waals surface area contributed by atoms with Gasteiger partial charge in [-0.2, -0.15) is 13.2 Å². The first-order valence-corrected chi connectivity index (χ1v) is 5.11. The Morgan fingerprint density at radius 2 is 2.06 bits per heavy atom. The average molecular weight is 262 g/mol. The molecule has 0 bridgehead atoms. The van der Waals surface area contributed by atoms with Crippen LogP contribution in [0.15, 0.2) is 18.2 Å². The monoisotopic (exact) mass is 262 g/mol. The molecule has 0 unspecified atom stereocenters. The molecule has 1 aliphatic heterocycles. The minimum atomic E-state index is -4.78. The molecule has 18 heavy (non-hydrogen) atoms. The van der Waals surface area contributed by atoms with Crippen LogP contribution in [0.25, 0.3) is 0 Å². The number of nitro benzene ring substituents is 1. The lowest BCUT2D eigenvalue weighted by Gasteiger charge is -2.28. The Balaban J connectivity index is 2.32. The average Bonchev–Trinajstić information content (AvgIpc) is 2.22. The van der Waals surface area contributed by atoms with Crippen molar-refractivity contribution in [2.24, 2.45) is 0 Å². The summed E-state index contributed by atoms with van der Waals surface area (Å²) in [4.78, 5) is 9.47. The summed E-state index contributed by atoms with van der Waals surface area (Å²) in [7, 11) is 0. The number of hydrogen-bond acceptors (Lipinski definition) is 4. The molecule has 0 aromatic heterocycles. The predicted molar refractivity (Wildman–Crippen MR) is 55.4 cm³/mol. The second kappa shape index (κ2) is 4.45. The van der Waals surface area contributed by atoms with Crippen LogP contribution in [-0.4, -0.2) is 24.1 Å². The summed E-state index contributed by atoms with van der Waals surface area (Å²) < 4.78 is 43.2. The van der Waals surface area contributed by atoms with Gasteiger partial charge in [-0.25, -0.2) is 0 Å². The van der Waals surface area contributed by atoms with E-state index < -0.39 is 22.4 Å². The summed E-state index contributed by atoms with van der Waals surface area (Å²) in [5, 5.41) is 13.4. The first kappa shape index (κ1) is 12.6. The summed E-state index contributed by atoms with van der Waals surface area (Å²) in [6, 6.07) is 2.65. The lowest BCUT2D eigenvalue weighted by atomic mass is 10.1. The highest BCUT2D eigenvalue weighted by Crippen LogP contribution is 2.38. The molecular formula is C10H9F3N2O3. The maximum atomic E-state index is 12.6. The smallest absolute Gasteiger partial charge is 0.423 e. The quantitative estimate of drug-likeness (QED) is 0.668. The third kappa shape index (κ3) is 2.53. The molecule has 0 atom stereocenters. The zero-order valence-corrected chi connectivity index (χ0v) is 9.03. The van der Waals surface area contributed by atoms with Crippen molar-refractivity contribution in [3.05, 3.63) is 33.9 Å². The van der Waals surface area contributed by atoms with Crippen LogP contribution in [0.5, 0.6) is 5.75 Å². The zero-order chi connectivity index (χ0) is 13.3. The Morgan fingerprint density at radius 3 is 2.50 bits per heavy atom. The minimum absolute atomic E-state index is 0.0144. The van der Waals surface area contributed by atoms with Gasteiger partial charge in [-0.15, -0.1) is 0 Å². The number of hydrogen-bond donors (Lipinski definition) is 1. The molecule has 0 aliphatic carbocycles. The molecule has 1 N–H and O–H groups in total. The van der Waals surface area contributed by atoms with Gasteiger partial charge in [-0.05, 0) is 12.1 Å². The lowest BCUT2D eigenvalue weighted by molar-refractivity contribution is -0.388. The molecular weight excluding hydrogens is 253 g/mol. The van der Waals surface area contributed by atoms with E-state index in [1.54, 1.807) is 0 Å². The Bertz CT molecular complexity index is 472. The van der Waals surface area contributed by atoms with Crippen molar-refractivity contribution in [3.8, 4) is 5.75 Å². The summed E-state index contributed by atoms with van der Waals surface area (Å²) in [5.74, 6) is -0.0144. The van der Waals surface area contributed by atoms with Crippen LogP contribution in [0.4, 0.5) is 18.9 Å². The van der Waals surface area contributed by atoms with Gasteiger partial charge in [-0.1, -0.05) is 0 Å². The van der Waals surface area contributed by atoms with Crippen LogP contribution < -0.4 is 10.1 Å². The number of alkyl halides is 3. The van der Waals surface area contributed by atoms with Gasteiger partial charge in [0.25, 0.3) is 5.69 Å². The second-order valence-corrected chi connectivity index (χ2v) is 3.83. The van der Waals surface area contributed by atoms with Crippen LogP contribution in [0, 0.1) is 10.1 Å². The Morgan fingerprint density at radius 1 is 1.39 bits per heavy atom. The number of nitrogens with zero attached hydrogens (tertiary/aromatic N) is 1. The first-order chi connectivity index (χ1) is 8.38. The van der Waals surface area contributed by atoms with Crippen LogP contribution >= 0.6 is 0 Å². The maximum Gasteiger partial charge on any atom is 0.423 e. The third-order valence-corrected chi connectivity index (χ3v) is 2.52. The number of nitrogens with one attached hydrogen (secondary N) is 1.